The van der Waals surface area contributed by atoms with Gasteiger partial charge < -0.3 is 5.11 Å². The van der Waals surface area contributed by atoms with Crippen molar-refractivity contribution in [2.75, 3.05) is 0 Å². The van der Waals surface area contributed by atoms with Crippen LogP contribution < -0.4 is 0 Å². The van der Waals surface area contributed by atoms with Crippen molar-refractivity contribution in [3.63, 3.8) is 0 Å². The predicted octanol–water partition coefficient (Wildman–Crippen LogP) is 3.92. The first kappa shape index (κ1) is 9.65. The molecular formula is C9H6Br2OS. The van der Waals surface area contributed by atoms with E-state index < -0.39 is 0 Å². The number of halogens is 2. The Labute approximate surface area is 96.6 Å². The SMILES string of the molecule is OCc1cc(Br)c2ccsc2c1Br. The van der Waals surface area contributed by atoms with E-state index in [4.69, 9.17) is 5.11 Å². The van der Waals surface area contributed by atoms with E-state index in [-0.39, 0.29) is 6.61 Å². The number of aliphatic hydroxyl groups excluding tert-OH is 1. The van der Waals surface area contributed by atoms with Gasteiger partial charge in [-0.05, 0) is 39.0 Å². The largest absolute Gasteiger partial charge is 0.392 e. The molecule has 0 spiro atoms. The van der Waals surface area contributed by atoms with Gasteiger partial charge in [0.1, 0.15) is 0 Å². The summed E-state index contributed by atoms with van der Waals surface area (Å²) >= 11 is 8.63. The Hall–Kier alpha value is 0.1000. The number of aliphatic hydroxyl groups is 1. The highest BCUT2D eigenvalue weighted by Gasteiger charge is 2.08. The lowest BCUT2D eigenvalue weighted by molar-refractivity contribution is 0.281. The van der Waals surface area contributed by atoms with Gasteiger partial charge in [0, 0.05) is 19.0 Å². The average molecular weight is 322 g/mol. The zero-order valence-corrected chi connectivity index (χ0v) is 10.5. The minimum atomic E-state index is 0.0625. The highest BCUT2D eigenvalue weighted by Crippen LogP contribution is 2.36. The summed E-state index contributed by atoms with van der Waals surface area (Å²) in [6, 6.07) is 4.01. The lowest BCUT2D eigenvalue weighted by Crippen LogP contribution is -1.85. The molecule has 1 N–H and O–H groups in total. The molecular weight excluding hydrogens is 316 g/mol. The van der Waals surface area contributed by atoms with Crippen LogP contribution in [0.25, 0.3) is 10.1 Å². The summed E-state index contributed by atoms with van der Waals surface area (Å²) in [6.45, 7) is 0.0625. The van der Waals surface area contributed by atoms with Crippen LogP contribution in [0.15, 0.2) is 26.5 Å². The smallest absolute Gasteiger partial charge is 0.0693 e. The van der Waals surface area contributed by atoms with Crippen LogP contribution in [0.3, 0.4) is 0 Å². The zero-order valence-electron chi connectivity index (χ0n) is 6.55. The molecule has 0 aliphatic carbocycles. The molecule has 0 saturated carbocycles. The molecule has 0 fully saturated rings. The van der Waals surface area contributed by atoms with Crippen molar-refractivity contribution in [2.24, 2.45) is 0 Å². The number of fused-ring (bicyclic) bond motifs is 1. The lowest BCUT2D eigenvalue weighted by atomic mass is 10.2. The number of hydrogen-bond donors (Lipinski definition) is 1. The molecule has 13 heavy (non-hydrogen) atoms. The van der Waals surface area contributed by atoms with E-state index in [0.29, 0.717) is 0 Å². The summed E-state index contributed by atoms with van der Waals surface area (Å²) < 4.78 is 3.22. The molecule has 0 unspecified atom stereocenters. The van der Waals surface area contributed by atoms with Crippen LogP contribution in [0, 0.1) is 0 Å². The summed E-state index contributed by atoms with van der Waals surface area (Å²) in [5.41, 5.74) is 0.918. The molecule has 1 aromatic carbocycles. The maximum absolute atomic E-state index is 9.09. The van der Waals surface area contributed by atoms with Gasteiger partial charge in [0.15, 0.2) is 0 Å². The Kier molecular flexibility index (Phi) is 2.74. The van der Waals surface area contributed by atoms with Gasteiger partial charge in [0.25, 0.3) is 0 Å². The molecule has 2 rings (SSSR count). The van der Waals surface area contributed by atoms with Gasteiger partial charge in [0.05, 0.1) is 6.61 Å². The van der Waals surface area contributed by atoms with E-state index in [1.54, 1.807) is 11.3 Å². The highest BCUT2D eigenvalue weighted by molar-refractivity contribution is 9.11. The molecule has 68 valence electrons. The summed E-state index contributed by atoms with van der Waals surface area (Å²) in [5, 5.41) is 12.3. The second kappa shape index (κ2) is 3.69. The molecule has 4 heteroatoms. The van der Waals surface area contributed by atoms with Crippen molar-refractivity contribution in [1.82, 2.24) is 0 Å². The molecule has 0 aliphatic heterocycles. The molecule has 0 aliphatic rings. The maximum atomic E-state index is 9.09. The number of benzene rings is 1. The van der Waals surface area contributed by atoms with Crippen molar-refractivity contribution < 1.29 is 5.11 Å². The summed E-state index contributed by atoms with van der Waals surface area (Å²) in [6.07, 6.45) is 0. The van der Waals surface area contributed by atoms with Crippen molar-refractivity contribution in [2.45, 2.75) is 6.61 Å². The second-order valence-electron chi connectivity index (χ2n) is 2.65. The van der Waals surface area contributed by atoms with Gasteiger partial charge in [-0.25, -0.2) is 0 Å². The summed E-state index contributed by atoms with van der Waals surface area (Å²) in [4.78, 5) is 0. The van der Waals surface area contributed by atoms with Crippen LogP contribution in [0.5, 0.6) is 0 Å². The van der Waals surface area contributed by atoms with Crippen molar-refractivity contribution >= 4 is 53.3 Å². The van der Waals surface area contributed by atoms with Crippen LogP contribution in [-0.4, -0.2) is 5.11 Å². The fourth-order valence-corrected chi connectivity index (χ4v) is 3.57. The van der Waals surface area contributed by atoms with E-state index >= 15 is 0 Å². The van der Waals surface area contributed by atoms with Gasteiger partial charge in [-0.3, -0.25) is 0 Å². The van der Waals surface area contributed by atoms with Gasteiger partial charge >= 0.3 is 0 Å². The van der Waals surface area contributed by atoms with E-state index in [9.17, 15) is 0 Å². The average Bonchev–Trinajstić information content (AvgIpc) is 2.60. The van der Waals surface area contributed by atoms with E-state index in [1.807, 2.05) is 11.4 Å². The maximum Gasteiger partial charge on any atom is 0.0693 e. The molecule has 0 saturated heterocycles. The molecule has 0 amide bonds. The van der Waals surface area contributed by atoms with Crippen molar-refractivity contribution in [3.8, 4) is 0 Å². The normalized spacial score (nSPS) is 11.0. The quantitative estimate of drug-likeness (QED) is 0.844. The molecule has 2 aromatic rings. The van der Waals surface area contributed by atoms with Crippen LogP contribution in [-0.2, 0) is 6.61 Å². The van der Waals surface area contributed by atoms with Gasteiger partial charge in [-0.2, -0.15) is 0 Å². The van der Waals surface area contributed by atoms with Crippen molar-refractivity contribution in [3.05, 3.63) is 32.0 Å². The van der Waals surface area contributed by atoms with E-state index in [1.165, 1.54) is 10.1 Å². The Morgan fingerprint density at radius 1 is 1.38 bits per heavy atom. The standard InChI is InChI=1S/C9H6Br2OS/c10-7-3-5(4-12)8(11)9-6(7)1-2-13-9/h1-3,12H,4H2. The first-order valence-electron chi connectivity index (χ1n) is 3.69. The summed E-state index contributed by atoms with van der Waals surface area (Å²) in [7, 11) is 0. The lowest BCUT2D eigenvalue weighted by Gasteiger charge is -2.03. The van der Waals surface area contributed by atoms with Crippen molar-refractivity contribution in [1.29, 1.82) is 0 Å². The first-order chi connectivity index (χ1) is 6.24. The predicted molar refractivity (Wildman–Crippen MR) is 63.1 cm³/mol. The van der Waals surface area contributed by atoms with E-state index in [0.717, 1.165) is 14.5 Å². The van der Waals surface area contributed by atoms with Gasteiger partial charge in [-0.1, -0.05) is 15.9 Å². The molecule has 0 bridgehead atoms. The second-order valence-corrected chi connectivity index (χ2v) is 5.22. The number of rotatable bonds is 1. The van der Waals surface area contributed by atoms with E-state index in [2.05, 4.69) is 37.9 Å². The minimum Gasteiger partial charge on any atom is -0.392 e. The van der Waals surface area contributed by atoms with Crippen LogP contribution in [0.2, 0.25) is 0 Å². The third-order valence-corrected chi connectivity index (χ3v) is 4.63. The van der Waals surface area contributed by atoms with Gasteiger partial charge in [-0.15, -0.1) is 11.3 Å². The molecule has 1 nitrogen and oxygen atoms in total. The third-order valence-electron chi connectivity index (χ3n) is 1.88. The minimum absolute atomic E-state index is 0.0625. The summed E-state index contributed by atoms with van der Waals surface area (Å²) in [5.74, 6) is 0. The first-order valence-corrected chi connectivity index (χ1v) is 6.15. The van der Waals surface area contributed by atoms with Crippen LogP contribution in [0.4, 0.5) is 0 Å². The third kappa shape index (κ3) is 1.56. The number of hydrogen-bond acceptors (Lipinski definition) is 2. The Balaban J connectivity index is 2.85. The molecule has 1 aromatic heterocycles. The molecule has 0 atom stereocenters. The fraction of sp³-hybridized carbons (Fsp3) is 0.111. The van der Waals surface area contributed by atoms with Crippen LogP contribution >= 0.6 is 43.2 Å². The topological polar surface area (TPSA) is 20.2 Å². The van der Waals surface area contributed by atoms with Crippen LogP contribution in [0.1, 0.15) is 5.56 Å². The Morgan fingerprint density at radius 2 is 2.15 bits per heavy atom. The Morgan fingerprint density at radius 3 is 2.85 bits per heavy atom. The molecule has 0 radical (unpaired) electrons. The Bertz CT molecular complexity index is 450. The molecule has 1 heterocycles. The fourth-order valence-electron chi connectivity index (χ4n) is 1.22. The van der Waals surface area contributed by atoms with Gasteiger partial charge in [0.2, 0.25) is 0 Å². The monoisotopic (exact) mass is 320 g/mol. The highest BCUT2D eigenvalue weighted by atomic mass is 79.9. The number of thiophene rings is 1. The zero-order chi connectivity index (χ0) is 9.42.